The summed E-state index contributed by atoms with van der Waals surface area (Å²) in [7, 11) is 5.40. The molecule has 1 unspecified atom stereocenters. The van der Waals surface area contributed by atoms with Crippen LogP contribution in [0.3, 0.4) is 0 Å². The lowest BCUT2D eigenvalue weighted by Crippen LogP contribution is -2.45. The molecule has 0 aliphatic carbocycles. The molecular formula is C7H16NO2+. The quantitative estimate of drug-likeness (QED) is 0.550. The third-order valence-corrected chi connectivity index (χ3v) is 1.36. The summed E-state index contributed by atoms with van der Waals surface area (Å²) in [5, 5.41) is 8.64. The van der Waals surface area contributed by atoms with Gasteiger partial charge in [0.2, 0.25) is 0 Å². The van der Waals surface area contributed by atoms with Crippen molar-refractivity contribution in [3.63, 3.8) is 0 Å². The molecule has 0 saturated heterocycles. The van der Waals surface area contributed by atoms with Crippen molar-refractivity contribution in [2.45, 2.75) is 6.92 Å². The average molecular weight is 146 g/mol. The van der Waals surface area contributed by atoms with Gasteiger partial charge >= 0.3 is 5.91 Å². The van der Waals surface area contributed by atoms with Gasteiger partial charge in [-0.3, -0.25) is 4.48 Å². The highest BCUT2D eigenvalue weighted by Crippen LogP contribution is 2.02. The number of hydrogen-bond donors (Lipinski definition) is 1. The van der Waals surface area contributed by atoms with E-state index in [0.717, 1.165) is 0 Å². The molecule has 0 aliphatic heterocycles. The van der Waals surface area contributed by atoms with Crippen LogP contribution in [-0.4, -0.2) is 43.2 Å². The molecule has 3 heteroatoms. The van der Waals surface area contributed by atoms with E-state index in [1.54, 1.807) is 28.1 Å². The summed E-state index contributed by atoms with van der Waals surface area (Å²) in [5.74, 6) is -0.192. The molecule has 10 heavy (non-hydrogen) atoms. The van der Waals surface area contributed by atoms with E-state index < -0.39 is 0 Å². The van der Waals surface area contributed by atoms with Gasteiger partial charge in [-0.25, -0.2) is 4.79 Å². The standard InChI is InChI=1S/C7H16NO2/c1-6(5-9)7(10)8(2,3)4/h6,9H,5H2,1-4H3/q+1. The zero-order valence-corrected chi connectivity index (χ0v) is 7.09. The minimum atomic E-state index is -0.250. The minimum Gasteiger partial charge on any atom is -0.395 e. The van der Waals surface area contributed by atoms with Crippen LogP contribution in [0.2, 0.25) is 0 Å². The van der Waals surface area contributed by atoms with Crippen molar-refractivity contribution in [1.82, 2.24) is 0 Å². The van der Waals surface area contributed by atoms with Gasteiger partial charge in [0.25, 0.3) is 0 Å². The summed E-state index contributed by atoms with van der Waals surface area (Å²) >= 11 is 0. The normalized spacial score (nSPS) is 14.9. The smallest absolute Gasteiger partial charge is 0.318 e. The van der Waals surface area contributed by atoms with Crippen LogP contribution in [0.15, 0.2) is 0 Å². The molecule has 0 aliphatic rings. The molecule has 3 nitrogen and oxygen atoms in total. The number of carbonyl (C=O) groups excluding carboxylic acids is 1. The second-order valence-electron chi connectivity index (χ2n) is 3.43. The number of hydrogen-bond acceptors (Lipinski definition) is 2. The van der Waals surface area contributed by atoms with Crippen molar-refractivity contribution in [3.05, 3.63) is 0 Å². The van der Waals surface area contributed by atoms with E-state index in [-0.39, 0.29) is 22.9 Å². The van der Waals surface area contributed by atoms with Crippen molar-refractivity contribution < 1.29 is 14.4 Å². The molecule has 0 aromatic carbocycles. The SMILES string of the molecule is CC(CO)C(=O)[N+](C)(C)C. The van der Waals surface area contributed by atoms with Gasteiger partial charge in [-0.2, -0.15) is 0 Å². The van der Waals surface area contributed by atoms with Crippen molar-refractivity contribution in [1.29, 1.82) is 0 Å². The zero-order chi connectivity index (χ0) is 8.36. The molecule has 1 atom stereocenters. The fraction of sp³-hybridized carbons (Fsp3) is 0.857. The number of aliphatic hydroxyl groups is 1. The van der Waals surface area contributed by atoms with Crippen LogP contribution < -0.4 is 0 Å². The van der Waals surface area contributed by atoms with E-state index in [4.69, 9.17) is 5.11 Å². The Hall–Kier alpha value is -0.410. The lowest BCUT2D eigenvalue weighted by molar-refractivity contribution is -0.794. The van der Waals surface area contributed by atoms with Gasteiger partial charge in [-0.1, -0.05) is 0 Å². The van der Waals surface area contributed by atoms with E-state index in [2.05, 4.69) is 0 Å². The van der Waals surface area contributed by atoms with E-state index in [9.17, 15) is 4.79 Å². The fourth-order valence-electron chi connectivity index (χ4n) is 0.739. The molecule has 0 fully saturated rings. The van der Waals surface area contributed by atoms with E-state index >= 15 is 0 Å². The summed E-state index contributed by atoms with van der Waals surface area (Å²) in [4.78, 5) is 11.2. The van der Waals surface area contributed by atoms with Gasteiger partial charge in [0, 0.05) is 0 Å². The molecule has 1 N–H and O–H groups in total. The molecule has 0 spiro atoms. The first-order chi connectivity index (χ1) is 4.39. The molecular weight excluding hydrogens is 130 g/mol. The fourth-order valence-corrected chi connectivity index (χ4v) is 0.739. The Morgan fingerprint density at radius 2 is 1.90 bits per heavy atom. The Balaban J connectivity index is 4.09. The summed E-state index contributed by atoms with van der Waals surface area (Å²) in [6.07, 6.45) is 0. The molecule has 0 aromatic rings. The molecule has 0 rings (SSSR count). The monoisotopic (exact) mass is 146 g/mol. The number of quaternary nitrogens is 1. The lowest BCUT2D eigenvalue weighted by Gasteiger charge is -2.23. The maximum atomic E-state index is 11.2. The number of amides is 1. The van der Waals surface area contributed by atoms with Gasteiger partial charge in [0.15, 0.2) is 0 Å². The van der Waals surface area contributed by atoms with Crippen molar-refractivity contribution in [3.8, 4) is 0 Å². The Morgan fingerprint density at radius 1 is 1.50 bits per heavy atom. The summed E-state index contributed by atoms with van der Waals surface area (Å²) in [6, 6.07) is 0. The topological polar surface area (TPSA) is 37.3 Å². The molecule has 0 aromatic heterocycles. The average Bonchev–Trinajstić information content (AvgIpc) is 1.83. The highest BCUT2D eigenvalue weighted by atomic mass is 16.3. The third-order valence-electron chi connectivity index (χ3n) is 1.36. The Bertz CT molecular complexity index is 126. The van der Waals surface area contributed by atoms with E-state index in [1.807, 2.05) is 0 Å². The van der Waals surface area contributed by atoms with Crippen LogP contribution in [0.25, 0.3) is 0 Å². The van der Waals surface area contributed by atoms with Crippen LogP contribution in [0.4, 0.5) is 0 Å². The first kappa shape index (κ1) is 9.59. The van der Waals surface area contributed by atoms with Gasteiger partial charge in [0.05, 0.1) is 33.7 Å². The number of carbonyl (C=O) groups is 1. The van der Waals surface area contributed by atoms with Crippen LogP contribution in [0.5, 0.6) is 0 Å². The van der Waals surface area contributed by atoms with Crippen LogP contribution in [0.1, 0.15) is 6.92 Å². The van der Waals surface area contributed by atoms with Gasteiger partial charge in [-0.05, 0) is 6.92 Å². The Labute approximate surface area is 61.9 Å². The lowest BCUT2D eigenvalue weighted by atomic mass is 10.1. The molecule has 0 heterocycles. The minimum absolute atomic E-state index is 0.0579. The van der Waals surface area contributed by atoms with E-state index in [1.165, 1.54) is 0 Å². The molecule has 60 valence electrons. The predicted octanol–water partition coefficient (Wildman–Crippen LogP) is -0.152. The summed E-state index contributed by atoms with van der Waals surface area (Å²) in [6.45, 7) is 1.67. The second-order valence-corrected chi connectivity index (χ2v) is 3.43. The van der Waals surface area contributed by atoms with E-state index in [0.29, 0.717) is 0 Å². The zero-order valence-electron chi connectivity index (χ0n) is 7.09. The first-order valence-corrected chi connectivity index (χ1v) is 3.36. The Kier molecular flexibility index (Phi) is 2.99. The third kappa shape index (κ3) is 2.45. The first-order valence-electron chi connectivity index (χ1n) is 3.36. The largest absolute Gasteiger partial charge is 0.395 e. The number of aliphatic hydroxyl groups excluding tert-OH is 1. The Morgan fingerprint density at radius 3 is 2.00 bits per heavy atom. The summed E-state index contributed by atoms with van der Waals surface area (Å²) < 4.78 is 0.279. The highest BCUT2D eigenvalue weighted by Gasteiger charge is 2.26. The van der Waals surface area contributed by atoms with Gasteiger partial charge < -0.3 is 5.11 Å². The maximum Gasteiger partial charge on any atom is 0.318 e. The molecule has 0 radical (unpaired) electrons. The second kappa shape index (κ2) is 3.12. The van der Waals surface area contributed by atoms with Gasteiger partial charge in [-0.15, -0.1) is 0 Å². The van der Waals surface area contributed by atoms with Gasteiger partial charge in [0.1, 0.15) is 0 Å². The van der Waals surface area contributed by atoms with Crippen molar-refractivity contribution >= 4 is 5.91 Å². The molecule has 0 saturated carbocycles. The van der Waals surface area contributed by atoms with Crippen LogP contribution >= 0.6 is 0 Å². The van der Waals surface area contributed by atoms with Crippen LogP contribution in [-0.2, 0) is 4.79 Å². The number of nitrogens with zero attached hydrogens (tertiary/aromatic N) is 1. The number of rotatable bonds is 2. The van der Waals surface area contributed by atoms with Crippen molar-refractivity contribution in [2.24, 2.45) is 5.92 Å². The maximum absolute atomic E-state index is 11.2. The summed E-state index contributed by atoms with van der Waals surface area (Å²) in [5.41, 5.74) is 0. The molecule has 1 amide bonds. The highest BCUT2D eigenvalue weighted by molar-refractivity contribution is 5.71. The predicted molar refractivity (Wildman–Crippen MR) is 39.3 cm³/mol. The van der Waals surface area contributed by atoms with Crippen molar-refractivity contribution in [2.75, 3.05) is 27.7 Å². The van der Waals surface area contributed by atoms with Crippen LogP contribution in [0, 0.1) is 5.92 Å². The molecule has 0 bridgehead atoms.